The monoisotopic (exact) mass is 471 g/mol. The summed E-state index contributed by atoms with van der Waals surface area (Å²) < 4.78 is 1.57. The molecule has 34 heavy (non-hydrogen) atoms. The molecule has 184 valence electrons. The molecule has 3 aromatic heterocycles. The van der Waals surface area contributed by atoms with Crippen LogP contribution >= 0.6 is 0 Å². The van der Waals surface area contributed by atoms with Gasteiger partial charge in [0.25, 0.3) is 11.5 Å². The number of nitrogens with one attached hydrogen (secondary N) is 4. The van der Waals surface area contributed by atoms with Gasteiger partial charge in [-0.15, -0.1) is 0 Å². The standard InChI is InChI=1S/C18H21N7O2.C4H8O.CH4O/c1-10-5-6-12(10)23-17(26)11-9-21-25-15(19-2)8-14(24-16(11)25)22-13-4-3-7-20-18(13)27;5-4-2-1-3-4;1-2/h3-4,7-10,12,19H,5-6H2,1-2H3,(H,20,27)(H,22,24)(H,23,26);4-5H,1-3H2;2H,1H3/t10?,12-;;/m0../s1. The maximum absolute atomic E-state index is 12.7. The maximum Gasteiger partial charge on any atom is 0.271 e. The lowest BCUT2D eigenvalue weighted by Gasteiger charge is -2.34. The van der Waals surface area contributed by atoms with Crippen molar-refractivity contribution in [2.75, 3.05) is 24.8 Å². The molecule has 0 spiro atoms. The summed E-state index contributed by atoms with van der Waals surface area (Å²) in [7, 11) is 2.76. The Hall–Kier alpha value is -3.44. The number of anilines is 3. The second-order valence-corrected chi connectivity index (χ2v) is 8.33. The van der Waals surface area contributed by atoms with E-state index in [1.54, 1.807) is 36.0 Å². The van der Waals surface area contributed by atoms with Crippen molar-refractivity contribution in [3.8, 4) is 0 Å². The number of rotatable bonds is 5. The quantitative estimate of drug-likeness (QED) is 0.329. The molecule has 2 atom stereocenters. The average molecular weight is 472 g/mol. The first-order valence-corrected chi connectivity index (χ1v) is 11.4. The van der Waals surface area contributed by atoms with Crippen LogP contribution in [0.3, 0.4) is 0 Å². The minimum atomic E-state index is -0.254. The Balaban J connectivity index is 0.000000404. The molecule has 2 aliphatic carbocycles. The molecule has 2 saturated carbocycles. The van der Waals surface area contributed by atoms with Gasteiger partial charge in [-0.25, -0.2) is 4.98 Å². The zero-order valence-corrected chi connectivity index (χ0v) is 19.7. The maximum atomic E-state index is 12.7. The number of H-pyrrole nitrogens is 1. The van der Waals surface area contributed by atoms with Crippen molar-refractivity contribution in [2.24, 2.45) is 5.92 Å². The van der Waals surface area contributed by atoms with Crippen molar-refractivity contribution < 1.29 is 15.0 Å². The van der Waals surface area contributed by atoms with Crippen LogP contribution < -0.4 is 21.5 Å². The van der Waals surface area contributed by atoms with Crippen molar-refractivity contribution in [1.82, 2.24) is 24.9 Å². The highest BCUT2D eigenvalue weighted by atomic mass is 16.3. The lowest BCUT2D eigenvalue weighted by atomic mass is 9.81. The van der Waals surface area contributed by atoms with E-state index in [-0.39, 0.29) is 23.6 Å². The molecular weight excluding hydrogens is 438 g/mol. The molecule has 11 heteroatoms. The molecule has 0 radical (unpaired) electrons. The fourth-order valence-corrected chi connectivity index (χ4v) is 3.54. The van der Waals surface area contributed by atoms with E-state index in [0.29, 0.717) is 34.5 Å². The van der Waals surface area contributed by atoms with Gasteiger partial charge in [-0.3, -0.25) is 9.59 Å². The van der Waals surface area contributed by atoms with Gasteiger partial charge in [0.2, 0.25) is 0 Å². The van der Waals surface area contributed by atoms with Gasteiger partial charge in [0.05, 0.1) is 12.3 Å². The van der Waals surface area contributed by atoms with Crippen molar-refractivity contribution >= 4 is 28.9 Å². The van der Waals surface area contributed by atoms with Crippen LogP contribution in [0, 0.1) is 5.92 Å². The minimum absolute atomic E-state index is 0.0648. The summed E-state index contributed by atoms with van der Waals surface area (Å²) in [5.74, 6) is 1.38. The molecule has 0 aliphatic heterocycles. The molecule has 6 N–H and O–H groups in total. The fourth-order valence-electron chi connectivity index (χ4n) is 3.54. The number of aromatic nitrogens is 4. The first-order chi connectivity index (χ1) is 16.5. The smallest absolute Gasteiger partial charge is 0.271 e. The largest absolute Gasteiger partial charge is 0.400 e. The Bertz CT molecular complexity index is 1160. The normalized spacial score (nSPS) is 18.9. The van der Waals surface area contributed by atoms with Crippen LogP contribution in [0.5, 0.6) is 0 Å². The summed E-state index contributed by atoms with van der Waals surface area (Å²) in [6.45, 7) is 2.13. The third-order valence-electron chi connectivity index (χ3n) is 6.06. The molecule has 1 unspecified atom stereocenters. The minimum Gasteiger partial charge on any atom is -0.400 e. The molecular formula is C23H33N7O4. The number of carbonyl (C=O) groups excluding carboxylic acids is 1. The Morgan fingerprint density at radius 3 is 2.50 bits per heavy atom. The summed E-state index contributed by atoms with van der Waals surface area (Å²) >= 11 is 0. The highest BCUT2D eigenvalue weighted by Gasteiger charge is 2.29. The molecule has 0 aromatic carbocycles. The van der Waals surface area contributed by atoms with Gasteiger partial charge in [0.1, 0.15) is 22.9 Å². The number of hydrogen-bond donors (Lipinski definition) is 6. The fraction of sp³-hybridized carbons (Fsp3) is 0.478. The second-order valence-electron chi connectivity index (χ2n) is 8.33. The molecule has 1 amide bonds. The predicted octanol–water partition coefficient (Wildman–Crippen LogP) is 1.87. The van der Waals surface area contributed by atoms with Crippen LogP contribution in [0.2, 0.25) is 0 Å². The highest BCUT2D eigenvalue weighted by molar-refractivity contribution is 6.00. The van der Waals surface area contributed by atoms with E-state index < -0.39 is 0 Å². The van der Waals surface area contributed by atoms with Crippen molar-refractivity contribution in [2.45, 2.75) is 51.2 Å². The SMILES string of the molecule is CNc1cc(Nc2ccc[nH]c2=O)nc2c(C(=O)N[C@H]3CCC3C)cnn12.CO.OC1CCC1. The van der Waals surface area contributed by atoms with E-state index >= 15 is 0 Å². The summed E-state index contributed by atoms with van der Waals surface area (Å²) in [6.07, 6.45) is 8.58. The molecule has 0 bridgehead atoms. The van der Waals surface area contributed by atoms with Crippen LogP contribution in [0.25, 0.3) is 5.65 Å². The number of pyridine rings is 1. The predicted molar refractivity (Wildman–Crippen MR) is 131 cm³/mol. The Morgan fingerprint density at radius 2 is 1.97 bits per heavy atom. The number of aliphatic hydroxyl groups excluding tert-OH is 2. The number of nitrogens with zero attached hydrogens (tertiary/aromatic N) is 3. The van der Waals surface area contributed by atoms with Crippen molar-refractivity contribution in [3.05, 3.63) is 46.5 Å². The zero-order valence-electron chi connectivity index (χ0n) is 19.7. The molecule has 3 heterocycles. The Labute approximate surface area is 197 Å². The van der Waals surface area contributed by atoms with E-state index in [4.69, 9.17) is 10.2 Å². The van der Waals surface area contributed by atoms with E-state index in [1.165, 1.54) is 12.6 Å². The van der Waals surface area contributed by atoms with Crippen LogP contribution in [-0.4, -0.2) is 62.0 Å². The molecule has 2 fully saturated rings. The third kappa shape index (κ3) is 5.72. The summed E-state index contributed by atoms with van der Waals surface area (Å²) in [5, 5.41) is 28.8. The first kappa shape index (κ1) is 25.2. The number of aliphatic hydroxyl groups is 2. The molecule has 5 rings (SSSR count). The molecule has 11 nitrogen and oxygen atoms in total. The Morgan fingerprint density at radius 1 is 1.24 bits per heavy atom. The van der Waals surface area contributed by atoms with Gasteiger partial charge in [-0.2, -0.15) is 9.61 Å². The molecule has 0 saturated heterocycles. The number of amides is 1. The average Bonchev–Trinajstić information content (AvgIpc) is 3.27. The summed E-state index contributed by atoms with van der Waals surface area (Å²) in [4.78, 5) is 31.7. The summed E-state index contributed by atoms with van der Waals surface area (Å²) in [6, 6.07) is 5.30. The number of fused-ring (bicyclic) bond motifs is 1. The Kier molecular flexibility index (Phi) is 8.61. The van der Waals surface area contributed by atoms with E-state index in [2.05, 4.69) is 37.9 Å². The third-order valence-corrected chi connectivity index (χ3v) is 6.06. The van der Waals surface area contributed by atoms with Crippen LogP contribution in [-0.2, 0) is 0 Å². The van der Waals surface area contributed by atoms with Crippen molar-refractivity contribution in [3.63, 3.8) is 0 Å². The second kappa shape index (κ2) is 11.6. The summed E-state index contributed by atoms with van der Waals surface area (Å²) in [5.41, 5.74) is 0.929. The van der Waals surface area contributed by atoms with Crippen LogP contribution in [0.15, 0.2) is 35.4 Å². The molecule has 2 aliphatic rings. The highest BCUT2D eigenvalue weighted by Crippen LogP contribution is 2.27. The lowest BCUT2D eigenvalue weighted by Crippen LogP contribution is -2.45. The van der Waals surface area contributed by atoms with Gasteiger partial charge in [-0.05, 0) is 50.2 Å². The zero-order chi connectivity index (χ0) is 24.7. The topological polar surface area (TPSA) is 157 Å². The van der Waals surface area contributed by atoms with E-state index in [0.717, 1.165) is 32.8 Å². The van der Waals surface area contributed by atoms with Gasteiger partial charge in [0.15, 0.2) is 5.65 Å². The van der Waals surface area contributed by atoms with Gasteiger partial charge in [-0.1, -0.05) is 6.92 Å². The van der Waals surface area contributed by atoms with E-state index in [1.807, 2.05) is 0 Å². The van der Waals surface area contributed by atoms with Crippen molar-refractivity contribution in [1.29, 1.82) is 0 Å². The first-order valence-electron chi connectivity index (χ1n) is 11.4. The van der Waals surface area contributed by atoms with Gasteiger partial charge in [0, 0.05) is 32.5 Å². The number of carbonyl (C=O) groups is 1. The van der Waals surface area contributed by atoms with E-state index in [9.17, 15) is 9.59 Å². The number of hydrogen-bond acceptors (Lipinski definition) is 8. The van der Waals surface area contributed by atoms with Gasteiger partial charge < -0.3 is 31.1 Å². The lowest BCUT2D eigenvalue weighted by molar-refractivity contribution is 0.0885. The van der Waals surface area contributed by atoms with Crippen LogP contribution in [0.1, 0.15) is 49.4 Å². The van der Waals surface area contributed by atoms with Gasteiger partial charge >= 0.3 is 0 Å². The molecule has 3 aromatic rings. The van der Waals surface area contributed by atoms with Crippen LogP contribution in [0.4, 0.5) is 17.3 Å². The number of aromatic amines is 1.